The second-order valence-electron chi connectivity index (χ2n) is 3.01. The molecule has 1 amide bonds. The van der Waals surface area contributed by atoms with Crippen molar-refractivity contribution in [2.75, 3.05) is 0 Å². The number of amides is 1. The van der Waals surface area contributed by atoms with Gasteiger partial charge in [0.05, 0.1) is 11.0 Å². The van der Waals surface area contributed by atoms with E-state index in [9.17, 15) is 4.79 Å². The van der Waals surface area contributed by atoms with Crippen LogP contribution >= 0.6 is 11.3 Å². The minimum absolute atomic E-state index is 0.00464. The molecule has 0 bridgehead atoms. The Kier molecular flexibility index (Phi) is 3.45. The first-order valence-corrected chi connectivity index (χ1v) is 4.93. The Bertz CT molecular complexity index is 294. The maximum atomic E-state index is 11.3. The molecule has 0 radical (unpaired) electrons. The molecule has 0 aliphatic rings. The van der Waals surface area contributed by atoms with Crippen molar-refractivity contribution in [2.24, 2.45) is 0 Å². The highest BCUT2D eigenvalue weighted by molar-refractivity contribution is 7.13. The Morgan fingerprint density at radius 3 is 2.69 bits per heavy atom. The van der Waals surface area contributed by atoms with Gasteiger partial charge in [-0.2, -0.15) is 0 Å². The third-order valence-electron chi connectivity index (χ3n) is 1.35. The number of hydrogen-bond acceptors (Lipinski definition) is 3. The van der Waals surface area contributed by atoms with Crippen LogP contribution in [-0.2, 0) is 4.84 Å². The summed E-state index contributed by atoms with van der Waals surface area (Å²) in [6.07, 6.45) is 0.00464. The molecule has 0 aliphatic carbocycles. The first-order valence-electron chi connectivity index (χ1n) is 4.12. The second kappa shape index (κ2) is 4.39. The van der Waals surface area contributed by atoms with E-state index in [-0.39, 0.29) is 12.0 Å². The summed E-state index contributed by atoms with van der Waals surface area (Å²) in [5.41, 5.74) is 2.38. The van der Waals surface area contributed by atoms with E-state index < -0.39 is 0 Å². The Balaban J connectivity index is 2.49. The van der Waals surface area contributed by atoms with Crippen LogP contribution in [0.15, 0.2) is 12.1 Å². The Hall–Kier alpha value is -0.870. The summed E-state index contributed by atoms with van der Waals surface area (Å²) in [5.74, 6) is -0.174. The van der Waals surface area contributed by atoms with E-state index in [4.69, 9.17) is 4.84 Å². The van der Waals surface area contributed by atoms with Crippen LogP contribution in [0, 0.1) is 6.92 Å². The van der Waals surface area contributed by atoms with Crippen LogP contribution in [0.25, 0.3) is 0 Å². The van der Waals surface area contributed by atoms with Gasteiger partial charge in [0.15, 0.2) is 0 Å². The maximum absolute atomic E-state index is 11.3. The van der Waals surface area contributed by atoms with E-state index in [1.165, 1.54) is 11.3 Å². The third-order valence-corrected chi connectivity index (χ3v) is 2.35. The van der Waals surface area contributed by atoms with Gasteiger partial charge in [-0.05, 0) is 32.9 Å². The fourth-order valence-corrected chi connectivity index (χ4v) is 1.53. The summed E-state index contributed by atoms with van der Waals surface area (Å²) in [7, 11) is 0. The van der Waals surface area contributed by atoms with Gasteiger partial charge in [0.2, 0.25) is 0 Å². The highest BCUT2D eigenvalue weighted by atomic mass is 32.1. The standard InChI is InChI=1S/C9H13NO2S/c1-6(2)12-10-9(11)8-5-4-7(3)13-8/h4-6H,1-3H3,(H,10,11). The molecule has 13 heavy (non-hydrogen) atoms. The van der Waals surface area contributed by atoms with Gasteiger partial charge in [-0.15, -0.1) is 11.3 Å². The normalized spacial score (nSPS) is 10.5. The highest BCUT2D eigenvalue weighted by Crippen LogP contribution is 2.14. The molecule has 0 aromatic carbocycles. The van der Waals surface area contributed by atoms with E-state index >= 15 is 0 Å². The minimum Gasteiger partial charge on any atom is -0.271 e. The average Bonchev–Trinajstić information content (AvgIpc) is 2.47. The molecule has 72 valence electrons. The zero-order valence-corrected chi connectivity index (χ0v) is 8.77. The molecule has 1 rings (SSSR count). The quantitative estimate of drug-likeness (QED) is 0.757. The summed E-state index contributed by atoms with van der Waals surface area (Å²) in [4.78, 5) is 18.1. The minimum atomic E-state index is -0.174. The summed E-state index contributed by atoms with van der Waals surface area (Å²) in [5, 5.41) is 0. The first kappa shape index (κ1) is 10.2. The number of rotatable bonds is 3. The number of aryl methyl sites for hydroxylation is 1. The molecule has 0 aliphatic heterocycles. The maximum Gasteiger partial charge on any atom is 0.284 e. The molecular weight excluding hydrogens is 186 g/mol. The summed E-state index contributed by atoms with van der Waals surface area (Å²) < 4.78 is 0. The van der Waals surface area contributed by atoms with Crippen LogP contribution in [0.2, 0.25) is 0 Å². The number of nitrogens with one attached hydrogen (secondary N) is 1. The van der Waals surface area contributed by atoms with Crippen LogP contribution in [-0.4, -0.2) is 12.0 Å². The zero-order valence-electron chi connectivity index (χ0n) is 7.96. The zero-order chi connectivity index (χ0) is 9.84. The molecule has 0 atom stereocenters. The number of hydrogen-bond donors (Lipinski definition) is 1. The van der Waals surface area contributed by atoms with Crippen molar-refractivity contribution in [1.29, 1.82) is 0 Å². The second-order valence-corrected chi connectivity index (χ2v) is 4.30. The van der Waals surface area contributed by atoms with Gasteiger partial charge in [0, 0.05) is 4.88 Å². The van der Waals surface area contributed by atoms with E-state index in [2.05, 4.69) is 5.48 Å². The molecule has 0 unspecified atom stereocenters. The van der Waals surface area contributed by atoms with Crippen molar-refractivity contribution in [3.05, 3.63) is 21.9 Å². The Morgan fingerprint density at radius 2 is 2.23 bits per heavy atom. The van der Waals surface area contributed by atoms with Gasteiger partial charge < -0.3 is 0 Å². The van der Waals surface area contributed by atoms with Gasteiger partial charge >= 0.3 is 0 Å². The lowest BCUT2D eigenvalue weighted by atomic mass is 10.4. The number of hydroxylamine groups is 1. The van der Waals surface area contributed by atoms with Crippen LogP contribution in [0.1, 0.15) is 28.4 Å². The van der Waals surface area contributed by atoms with Gasteiger partial charge in [-0.1, -0.05) is 0 Å². The molecule has 4 heteroatoms. The van der Waals surface area contributed by atoms with E-state index in [1.54, 1.807) is 6.07 Å². The number of carbonyl (C=O) groups is 1. The summed E-state index contributed by atoms with van der Waals surface area (Å²) in [6, 6.07) is 3.70. The number of carbonyl (C=O) groups excluding carboxylic acids is 1. The van der Waals surface area contributed by atoms with Crippen LogP contribution in [0.3, 0.4) is 0 Å². The van der Waals surface area contributed by atoms with Crippen molar-refractivity contribution >= 4 is 17.2 Å². The monoisotopic (exact) mass is 199 g/mol. The first-order chi connectivity index (χ1) is 6.09. The van der Waals surface area contributed by atoms with Crippen molar-refractivity contribution in [3.63, 3.8) is 0 Å². The van der Waals surface area contributed by atoms with Gasteiger partial charge in [-0.25, -0.2) is 5.48 Å². The lowest BCUT2D eigenvalue weighted by Crippen LogP contribution is -2.26. The van der Waals surface area contributed by atoms with E-state index in [0.717, 1.165) is 4.88 Å². The predicted octanol–water partition coefficient (Wildman–Crippen LogP) is 2.13. The lowest BCUT2D eigenvalue weighted by molar-refractivity contribution is 0.000467. The molecule has 0 spiro atoms. The summed E-state index contributed by atoms with van der Waals surface area (Å²) in [6.45, 7) is 5.69. The Morgan fingerprint density at radius 1 is 1.54 bits per heavy atom. The fraction of sp³-hybridized carbons (Fsp3) is 0.444. The van der Waals surface area contributed by atoms with Crippen molar-refractivity contribution in [2.45, 2.75) is 26.9 Å². The molecule has 1 N–H and O–H groups in total. The predicted molar refractivity (Wildman–Crippen MR) is 52.7 cm³/mol. The van der Waals surface area contributed by atoms with E-state index in [1.807, 2.05) is 26.8 Å². The van der Waals surface area contributed by atoms with Gasteiger partial charge in [-0.3, -0.25) is 9.63 Å². The van der Waals surface area contributed by atoms with Gasteiger partial charge in [0.1, 0.15) is 0 Å². The largest absolute Gasteiger partial charge is 0.284 e. The highest BCUT2D eigenvalue weighted by Gasteiger charge is 2.07. The van der Waals surface area contributed by atoms with Crippen molar-refractivity contribution in [3.8, 4) is 0 Å². The molecule has 0 saturated carbocycles. The molecule has 3 nitrogen and oxygen atoms in total. The Labute approximate surface area is 81.7 Å². The molecule has 1 aromatic rings. The average molecular weight is 199 g/mol. The van der Waals surface area contributed by atoms with Crippen LogP contribution < -0.4 is 5.48 Å². The van der Waals surface area contributed by atoms with E-state index in [0.29, 0.717) is 4.88 Å². The fourth-order valence-electron chi connectivity index (χ4n) is 0.778. The van der Waals surface area contributed by atoms with Crippen molar-refractivity contribution < 1.29 is 9.63 Å². The molecule has 0 saturated heterocycles. The van der Waals surface area contributed by atoms with Gasteiger partial charge in [0.25, 0.3) is 5.91 Å². The molecule has 1 aromatic heterocycles. The smallest absolute Gasteiger partial charge is 0.271 e. The van der Waals surface area contributed by atoms with Crippen LogP contribution in [0.5, 0.6) is 0 Å². The number of thiophene rings is 1. The molecular formula is C9H13NO2S. The SMILES string of the molecule is Cc1ccc(C(=O)NOC(C)C)s1. The lowest BCUT2D eigenvalue weighted by Gasteiger charge is -2.06. The van der Waals surface area contributed by atoms with Crippen molar-refractivity contribution in [1.82, 2.24) is 5.48 Å². The van der Waals surface area contributed by atoms with Crippen LogP contribution in [0.4, 0.5) is 0 Å². The third kappa shape index (κ3) is 3.16. The molecule has 0 fully saturated rings. The topological polar surface area (TPSA) is 38.3 Å². The summed E-state index contributed by atoms with van der Waals surface area (Å²) >= 11 is 1.46. The molecule has 1 heterocycles.